The summed E-state index contributed by atoms with van der Waals surface area (Å²) in [5.74, 6) is -2.27. The average Bonchev–Trinajstić information content (AvgIpc) is 2.94. The van der Waals surface area contributed by atoms with Crippen molar-refractivity contribution in [3.05, 3.63) is 66.9 Å². The number of rotatable bonds is 12. The normalized spacial score (nSPS) is 18.8. The first-order chi connectivity index (χ1) is 21.9. The number of benzene rings is 2. The van der Waals surface area contributed by atoms with Gasteiger partial charge in [0.1, 0.15) is 12.4 Å². The van der Waals surface area contributed by atoms with Crippen molar-refractivity contribution in [2.75, 3.05) is 30.7 Å². The Kier molecular flexibility index (Phi) is 4.86. The summed E-state index contributed by atoms with van der Waals surface area (Å²) >= 11 is 0. The highest BCUT2D eigenvalue weighted by Crippen LogP contribution is 2.30. The first-order valence-electron chi connectivity index (χ1n) is 16.9. The molecule has 8 nitrogen and oxygen atoms in total. The molecule has 3 aromatic rings. The quantitative estimate of drug-likeness (QED) is 0.395. The van der Waals surface area contributed by atoms with Crippen LogP contribution in [0.2, 0.25) is 0 Å². The SMILES string of the molecule is [2H]C([2H])(CCCN(c1cnc(-c2ccccc2)c(-c2ccccc2)n1)C(C([2H])([2H])[2H])C([2H])([2H])[2H])OC([2H])([2H])C(=O)NS(=O)(=O)C([2H])([2H])[2H]. The lowest BCUT2D eigenvalue weighted by molar-refractivity contribution is -0.123. The van der Waals surface area contributed by atoms with Crippen LogP contribution in [0.4, 0.5) is 5.82 Å². The summed E-state index contributed by atoms with van der Waals surface area (Å²) in [4.78, 5) is 22.3. The van der Waals surface area contributed by atoms with Crippen LogP contribution in [0.15, 0.2) is 66.9 Å². The molecule has 0 bridgehead atoms. The number of sulfonamides is 1. The number of aromatic nitrogens is 2. The fraction of sp³-hybridized carbons (Fsp3) is 0.346. The van der Waals surface area contributed by atoms with E-state index < -0.39 is 74.4 Å². The number of hydrogen-bond acceptors (Lipinski definition) is 7. The topological polar surface area (TPSA) is 101 Å². The van der Waals surface area contributed by atoms with Crippen LogP contribution in [0, 0.1) is 0 Å². The molecule has 2 aromatic carbocycles. The molecule has 0 radical (unpaired) electrons. The number of ether oxygens (including phenoxy) is 1. The van der Waals surface area contributed by atoms with Gasteiger partial charge in [-0.25, -0.2) is 13.4 Å². The van der Waals surface area contributed by atoms with E-state index in [0.29, 0.717) is 22.5 Å². The van der Waals surface area contributed by atoms with Gasteiger partial charge in [0.25, 0.3) is 5.91 Å². The molecule has 186 valence electrons. The number of nitrogens with zero attached hydrogens (tertiary/aromatic N) is 3. The lowest BCUT2D eigenvalue weighted by atomic mass is 10.0. The fourth-order valence-corrected chi connectivity index (χ4v) is 3.38. The van der Waals surface area contributed by atoms with E-state index >= 15 is 0 Å². The minimum absolute atomic E-state index is 0.170. The van der Waals surface area contributed by atoms with E-state index in [1.807, 2.05) is 0 Å². The predicted octanol–water partition coefficient (Wildman–Crippen LogP) is 3.90. The molecule has 0 unspecified atom stereocenters. The van der Waals surface area contributed by atoms with Gasteiger partial charge in [0, 0.05) is 42.6 Å². The Morgan fingerprint density at radius 3 is 2.34 bits per heavy atom. The van der Waals surface area contributed by atoms with Gasteiger partial charge in [0.05, 0.1) is 29.3 Å². The summed E-state index contributed by atoms with van der Waals surface area (Å²) in [7, 11) is -5.34. The van der Waals surface area contributed by atoms with Gasteiger partial charge in [-0.2, -0.15) is 0 Å². The number of nitrogens with one attached hydrogen (secondary N) is 1. The first kappa shape index (κ1) is 13.7. The Morgan fingerprint density at radius 1 is 1.06 bits per heavy atom. The van der Waals surface area contributed by atoms with Gasteiger partial charge in [-0.1, -0.05) is 60.7 Å². The Bertz CT molecular complexity index is 1650. The second-order valence-electron chi connectivity index (χ2n) is 7.14. The average molecular weight is 510 g/mol. The number of carbonyl (C=O) groups excluding carboxylic acids is 1. The Morgan fingerprint density at radius 2 is 1.71 bits per heavy atom. The molecule has 0 aliphatic carbocycles. The van der Waals surface area contributed by atoms with Crippen LogP contribution in [-0.4, -0.2) is 56.2 Å². The fourth-order valence-electron chi connectivity index (χ4n) is 3.10. The van der Waals surface area contributed by atoms with Gasteiger partial charge in [0.15, 0.2) is 0 Å². The van der Waals surface area contributed by atoms with E-state index in [2.05, 4.69) is 14.7 Å². The molecular formula is C26H32N4O4S. The van der Waals surface area contributed by atoms with Gasteiger partial charge in [-0.3, -0.25) is 14.5 Å². The Balaban J connectivity index is 1.98. The number of amides is 1. The molecule has 1 amide bonds. The summed E-state index contributed by atoms with van der Waals surface area (Å²) in [6.07, 6.45) is -3.70. The standard InChI is InChI=1S/C26H32N4O4S/c1-20(2)30(16-10-11-17-34-19-24(31)29-35(3,32)33)23-18-27-25(21-12-6-4-7-13-21)26(28-23)22-14-8-5-9-15-22/h4-9,12-15,18,20H,10-11,16-17,19H2,1-3H3,(H,29,31)/i1D3,2D3,3D3,17D2,19D2. The minimum atomic E-state index is -5.34. The predicted molar refractivity (Wildman–Crippen MR) is 138 cm³/mol. The smallest absolute Gasteiger partial charge is 0.259 e. The molecule has 1 aromatic heterocycles. The van der Waals surface area contributed by atoms with E-state index in [1.54, 1.807) is 60.7 Å². The molecule has 0 aliphatic rings. The third-order valence-corrected chi connectivity index (χ3v) is 5.04. The largest absolute Gasteiger partial charge is 0.372 e. The zero-order chi connectivity index (χ0) is 36.3. The maximum absolute atomic E-state index is 12.2. The molecule has 0 saturated carbocycles. The van der Waals surface area contributed by atoms with Crippen LogP contribution in [0.1, 0.15) is 44.4 Å². The van der Waals surface area contributed by atoms with Crippen molar-refractivity contribution in [1.82, 2.24) is 14.7 Å². The summed E-state index contributed by atoms with van der Waals surface area (Å²) in [5, 5.41) is 0. The summed E-state index contributed by atoms with van der Waals surface area (Å²) < 4.78 is 130. The van der Waals surface area contributed by atoms with E-state index in [4.69, 9.17) is 17.8 Å². The van der Waals surface area contributed by atoms with Crippen molar-refractivity contribution in [1.29, 1.82) is 0 Å². The molecule has 1 N–H and O–H groups in total. The van der Waals surface area contributed by atoms with Crippen LogP contribution >= 0.6 is 0 Å². The molecule has 0 aliphatic heterocycles. The van der Waals surface area contributed by atoms with Crippen LogP contribution in [0.25, 0.3) is 22.5 Å². The van der Waals surface area contributed by atoms with Gasteiger partial charge in [-0.15, -0.1) is 0 Å². The van der Waals surface area contributed by atoms with Crippen molar-refractivity contribution >= 4 is 21.7 Å². The maximum atomic E-state index is 12.2. The minimum Gasteiger partial charge on any atom is -0.372 e. The highest BCUT2D eigenvalue weighted by Gasteiger charge is 2.17. The molecule has 0 saturated heterocycles. The first-order valence-corrected chi connectivity index (χ1v) is 11.9. The molecular weight excluding hydrogens is 464 g/mol. The van der Waals surface area contributed by atoms with Crippen molar-refractivity contribution in [2.45, 2.75) is 32.6 Å². The molecule has 9 heteroatoms. The number of hydrogen-bond donors (Lipinski definition) is 1. The third-order valence-electron chi connectivity index (χ3n) is 4.58. The van der Waals surface area contributed by atoms with Crippen molar-refractivity contribution in [3.8, 4) is 22.5 Å². The Hall–Kier alpha value is -3.30. The number of anilines is 1. The van der Waals surface area contributed by atoms with Gasteiger partial charge in [-0.05, 0) is 26.5 Å². The van der Waals surface area contributed by atoms with Crippen molar-refractivity contribution in [3.63, 3.8) is 0 Å². The van der Waals surface area contributed by atoms with E-state index in [9.17, 15) is 13.2 Å². The zero-order valence-electron chi connectivity index (χ0n) is 31.4. The molecule has 3 rings (SSSR count). The summed E-state index contributed by atoms with van der Waals surface area (Å²) in [5.41, 5.74) is 1.95. The molecule has 1 heterocycles. The van der Waals surface area contributed by atoms with Crippen molar-refractivity contribution < 1.29 is 35.8 Å². The van der Waals surface area contributed by atoms with Crippen molar-refractivity contribution in [2.24, 2.45) is 0 Å². The highest BCUT2D eigenvalue weighted by molar-refractivity contribution is 7.89. The van der Waals surface area contributed by atoms with E-state index in [0.717, 1.165) is 9.62 Å². The van der Waals surface area contributed by atoms with Crippen LogP contribution in [-0.2, 0) is 19.6 Å². The summed E-state index contributed by atoms with van der Waals surface area (Å²) in [6, 6.07) is 15.5. The van der Waals surface area contributed by atoms with Gasteiger partial charge >= 0.3 is 0 Å². The monoisotopic (exact) mass is 509 g/mol. The maximum Gasteiger partial charge on any atom is 0.259 e. The lowest BCUT2D eigenvalue weighted by Crippen LogP contribution is -2.33. The van der Waals surface area contributed by atoms with Gasteiger partial charge in [0.2, 0.25) is 10.0 Å². The molecule has 35 heavy (non-hydrogen) atoms. The molecule has 0 spiro atoms. The lowest BCUT2D eigenvalue weighted by Gasteiger charge is -2.28. The third kappa shape index (κ3) is 8.15. The van der Waals surface area contributed by atoms with Gasteiger partial charge < -0.3 is 9.64 Å². The number of carbonyl (C=O) groups is 1. The Labute approximate surface area is 225 Å². The second-order valence-corrected chi connectivity index (χ2v) is 8.35. The van der Waals surface area contributed by atoms with E-state index in [-0.39, 0.29) is 5.82 Å². The van der Waals surface area contributed by atoms with Crippen LogP contribution in [0.5, 0.6) is 0 Å². The molecule has 0 fully saturated rings. The highest BCUT2D eigenvalue weighted by atomic mass is 32.2. The van der Waals surface area contributed by atoms with E-state index in [1.165, 1.54) is 6.20 Å². The molecule has 0 atom stereocenters. The zero-order valence-corrected chi connectivity index (χ0v) is 19.2. The second kappa shape index (κ2) is 12.4. The van der Waals surface area contributed by atoms with Crippen LogP contribution in [0.3, 0.4) is 0 Å². The summed E-state index contributed by atoms with van der Waals surface area (Å²) in [6.45, 7) is -13.4. The van der Waals surface area contributed by atoms with Crippen LogP contribution < -0.4 is 9.62 Å².